The van der Waals surface area contributed by atoms with Crippen LogP contribution in [0, 0.1) is 0 Å². The standard InChI is InChI=1S/C19H24N6OS2/c1-3-5-6-11-17-22-23-18(28-17)21-16(26)12-27-19-24-20-13-25(19)15-10-8-7-9-14(15)4-2/h7-10,13H,3-6,11-12H2,1-2H3,(H,21,23,26). The molecular formula is C19H24N6OS2. The van der Waals surface area contributed by atoms with Gasteiger partial charge in [0, 0.05) is 6.42 Å². The van der Waals surface area contributed by atoms with Crippen LogP contribution in [0.15, 0.2) is 35.7 Å². The number of amides is 1. The van der Waals surface area contributed by atoms with Gasteiger partial charge in [-0.2, -0.15) is 0 Å². The van der Waals surface area contributed by atoms with Crippen LogP contribution in [0.4, 0.5) is 5.13 Å². The predicted octanol–water partition coefficient (Wildman–Crippen LogP) is 4.14. The van der Waals surface area contributed by atoms with Crippen molar-refractivity contribution >= 4 is 34.1 Å². The second-order valence-electron chi connectivity index (χ2n) is 6.26. The van der Waals surface area contributed by atoms with Crippen molar-refractivity contribution in [3.8, 4) is 5.69 Å². The topological polar surface area (TPSA) is 85.6 Å². The van der Waals surface area contributed by atoms with Gasteiger partial charge >= 0.3 is 0 Å². The summed E-state index contributed by atoms with van der Waals surface area (Å²) in [5.41, 5.74) is 2.25. The number of para-hydroxylation sites is 1. The molecule has 28 heavy (non-hydrogen) atoms. The number of hydrogen-bond donors (Lipinski definition) is 1. The van der Waals surface area contributed by atoms with Gasteiger partial charge in [0.25, 0.3) is 0 Å². The molecule has 1 N–H and O–H groups in total. The minimum absolute atomic E-state index is 0.125. The third kappa shape index (κ3) is 5.39. The molecule has 0 fully saturated rings. The summed E-state index contributed by atoms with van der Waals surface area (Å²) in [6.45, 7) is 4.28. The zero-order valence-electron chi connectivity index (χ0n) is 16.1. The first-order valence-electron chi connectivity index (χ1n) is 9.44. The van der Waals surface area contributed by atoms with Crippen molar-refractivity contribution in [2.45, 2.75) is 51.1 Å². The van der Waals surface area contributed by atoms with Gasteiger partial charge in [0.05, 0.1) is 11.4 Å². The summed E-state index contributed by atoms with van der Waals surface area (Å²) in [5.74, 6) is 0.108. The van der Waals surface area contributed by atoms with Crippen molar-refractivity contribution in [1.29, 1.82) is 0 Å². The van der Waals surface area contributed by atoms with Crippen LogP contribution < -0.4 is 5.32 Å². The van der Waals surface area contributed by atoms with Crippen molar-refractivity contribution in [1.82, 2.24) is 25.0 Å². The Morgan fingerprint density at radius 1 is 1.18 bits per heavy atom. The number of carbonyl (C=O) groups excluding carboxylic acids is 1. The van der Waals surface area contributed by atoms with Crippen LogP contribution in [-0.4, -0.2) is 36.6 Å². The van der Waals surface area contributed by atoms with Crippen LogP contribution in [-0.2, 0) is 17.6 Å². The lowest BCUT2D eigenvalue weighted by molar-refractivity contribution is -0.113. The summed E-state index contributed by atoms with van der Waals surface area (Å²) in [6, 6.07) is 8.13. The average Bonchev–Trinajstić information content (AvgIpc) is 3.36. The minimum Gasteiger partial charge on any atom is -0.300 e. The summed E-state index contributed by atoms with van der Waals surface area (Å²) < 4.78 is 1.92. The third-order valence-electron chi connectivity index (χ3n) is 4.19. The van der Waals surface area contributed by atoms with Crippen LogP contribution >= 0.6 is 23.1 Å². The highest BCUT2D eigenvalue weighted by molar-refractivity contribution is 7.99. The van der Waals surface area contributed by atoms with E-state index < -0.39 is 0 Å². The van der Waals surface area contributed by atoms with E-state index in [2.05, 4.69) is 45.6 Å². The van der Waals surface area contributed by atoms with Gasteiger partial charge in [0.1, 0.15) is 11.3 Å². The molecule has 2 heterocycles. The molecule has 1 aromatic carbocycles. The van der Waals surface area contributed by atoms with E-state index in [4.69, 9.17) is 0 Å². The molecule has 2 aromatic heterocycles. The van der Waals surface area contributed by atoms with Gasteiger partial charge in [-0.05, 0) is 24.5 Å². The predicted molar refractivity (Wildman–Crippen MR) is 113 cm³/mol. The first kappa shape index (κ1) is 20.5. The molecule has 7 nitrogen and oxygen atoms in total. The molecule has 9 heteroatoms. The lowest BCUT2D eigenvalue weighted by Gasteiger charge is -2.10. The maximum atomic E-state index is 12.3. The lowest BCUT2D eigenvalue weighted by Crippen LogP contribution is -2.14. The van der Waals surface area contributed by atoms with Crippen LogP contribution in [0.2, 0.25) is 0 Å². The number of carbonyl (C=O) groups is 1. The van der Waals surface area contributed by atoms with Crippen molar-refractivity contribution in [2.75, 3.05) is 11.1 Å². The minimum atomic E-state index is -0.125. The quantitative estimate of drug-likeness (QED) is 0.395. The zero-order chi connectivity index (χ0) is 19.8. The van der Waals surface area contributed by atoms with Crippen molar-refractivity contribution < 1.29 is 4.79 Å². The average molecular weight is 417 g/mol. The van der Waals surface area contributed by atoms with Gasteiger partial charge < -0.3 is 0 Å². The summed E-state index contributed by atoms with van der Waals surface area (Å²) >= 11 is 2.80. The summed E-state index contributed by atoms with van der Waals surface area (Å²) in [5, 5.41) is 21.4. The Bertz CT molecular complexity index is 907. The van der Waals surface area contributed by atoms with E-state index in [1.165, 1.54) is 41.5 Å². The van der Waals surface area contributed by atoms with Gasteiger partial charge in [-0.25, -0.2) is 0 Å². The van der Waals surface area contributed by atoms with Crippen LogP contribution in [0.5, 0.6) is 0 Å². The number of rotatable bonds is 10. The summed E-state index contributed by atoms with van der Waals surface area (Å²) in [7, 11) is 0. The first-order chi connectivity index (χ1) is 13.7. The molecule has 148 valence electrons. The highest BCUT2D eigenvalue weighted by atomic mass is 32.2. The maximum absolute atomic E-state index is 12.3. The number of nitrogens with one attached hydrogen (secondary N) is 1. The number of anilines is 1. The zero-order valence-corrected chi connectivity index (χ0v) is 17.7. The molecule has 0 spiro atoms. The monoisotopic (exact) mass is 416 g/mol. The molecule has 0 unspecified atom stereocenters. The van der Waals surface area contributed by atoms with E-state index in [0.717, 1.165) is 30.0 Å². The molecule has 0 aliphatic heterocycles. The van der Waals surface area contributed by atoms with E-state index in [0.29, 0.717) is 10.3 Å². The van der Waals surface area contributed by atoms with Crippen molar-refractivity contribution in [3.63, 3.8) is 0 Å². The smallest absolute Gasteiger partial charge is 0.236 e. The molecule has 3 rings (SSSR count). The molecule has 0 aliphatic carbocycles. The van der Waals surface area contributed by atoms with E-state index in [-0.39, 0.29) is 11.7 Å². The fourth-order valence-corrected chi connectivity index (χ4v) is 4.27. The van der Waals surface area contributed by atoms with Gasteiger partial charge in [-0.15, -0.1) is 20.4 Å². The van der Waals surface area contributed by atoms with E-state index in [1.807, 2.05) is 22.8 Å². The molecule has 0 atom stereocenters. The maximum Gasteiger partial charge on any atom is 0.236 e. The first-order valence-corrected chi connectivity index (χ1v) is 11.2. The number of nitrogens with zero attached hydrogens (tertiary/aromatic N) is 5. The van der Waals surface area contributed by atoms with E-state index in [9.17, 15) is 4.79 Å². The van der Waals surface area contributed by atoms with E-state index >= 15 is 0 Å². The highest BCUT2D eigenvalue weighted by Crippen LogP contribution is 2.23. The molecule has 0 radical (unpaired) electrons. The van der Waals surface area contributed by atoms with Crippen LogP contribution in [0.1, 0.15) is 43.7 Å². The molecule has 0 bridgehead atoms. The Hall–Kier alpha value is -2.26. The molecule has 3 aromatic rings. The Labute approximate surface area is 173 Å². The second-order valence-corrected chi connectivity index (χ2v) is 8.27. The number of aryl methyl sites for hydroxylation is 2. The Morgan fingerprint density at radius 3 is 2.86 bits per heavy atom. The van der Waals surface area contributed by atoms with Crippen LogP contribution in [0.25, 0.3) is 5.69 Å². The van der Waals surface area contributed by atoms with Gasteiger partial charge in [-0.1, -0.05) is 68.0 Å². The molecule has 0 saturated heterocycles. The van der Waals surface area contributed by atoms with Gasteiger partial charge in [0.15, 0.2) is 5.16 Å². The molecule has 0 aliphatic rings. The SMILES string of the molecule is CCCCCc1nnc(NC(=O)CSc2nncn2-c2ccccc2CC)s1. The highest BCUT2D eigenvalue weighted by Gasteiger charge is 2.13. The fraction of sp³-hybridized carbons (Fsp3) is 0.421. The number of aromatic nitrogens is 5. The molecule has 0 saturated carbocycles. The Morgan fingerprint density at radius 2 is 2.04 bits per heavy atom. The Kier molecular flexibility index (Phi) is 7.55. The fourth-order valence-electron chi connectivity index (χ4n) is 2.75. The largest absolute Gasteiger partial charge is 0.300 e. The second kappa shape index (κ2) is 10.3. The number of unbranched alkanes of at least 4 members (excludes halogenated alkanes) is 2. The summed E-state index contributed by atoms with van der Waals surface area (Å²) in [4.78, 5) is 12.3. The summed E-state index contributed by atoms with van der Waals surface area (Å²) in [6.07, 6.45) is 6.96. The number of hydrogen-bond acceptors (Lipinski definition) is 7. The van der Waals surface area contributed by atoms with Gasteiger partial charge in [0.2, 0.25) is 11.0 Å². The Balaban J connectivity index is 1.57. The third-order valence-corrected chi connectivity index (χ3v) is 6.03. The number of thioether (sulfide) groups is 1. The van der Waals surface area contributed by atoms with Crippen molar-refractivity contribution in [3.05, 3.63) is 41.2 Å². The van der Waals surface area contributed by atoms with Crippen molar-refractivity contribution in [2.24, 2.45) is 0 Å². The number of benzene rings is 1. The van der Waals surface area contributed by atoms with Gasteiger partial charge in [-0.3, -0.25) is 14.7 Å². The normalized spacial score (nSPS) is 10.9. The van der Waals surface area contributed by atoms with Crippen LogP contribution in [0.3, 0.4) is 0 Å². The molecular weight excluding hydrogens is 392 g/mol. The van der Waals surface area contributed by atoms with E-state index in [1.54, 1.807) is 6.33 Å². The molecule has 1 amide bonds. The lowest BCUT2D eigenvalue weighted by atomic mass is 10.1.